The molecule has 1 N–H and O–H groups in total. The molecule has 0 aliphatic carbocycles. The Morgan fingerprint density at radius 1 is 1.25 bits per heavy atom. The van der Waals surface area contributed by atoms with Crippen molar-refractivity contribution in [2.75, 3.05) is 25.0 Å². The lowest BCUT2D eigenvalue weighted by Crippen LogP contribution is -2.27. The number of halogens is 1. The van der Waals surface area contributed by atoms with Crippen LogP contribution in [0.5, 0.6) is 0 Å². The van der Waals surface area contributed by atoms with Gasteiger partial charge < -0.3 is 10.2 Å². The topological polar surface area (TPSA) is 58.1 Å². The van der Waals surface area contributed by atoms with E-state index in [1.807, 2.05) is 36.2 Å². The Bertz CT molecular complexity index is 660. The third-order valence-corrected chi connectivity index (χ3v) is 3.99. The Morgan fingerprint density at radius 3 is 2.71 bits per heavy atom. The smallest absolute Gasteiger partial charge is 0.270 e. The first kappa shape index (κ1) is 18.2. The summed E-state index contributed by atoms with van der Waals surface area (Å²) in [6.45, 7) is 3.60. The average molecular weight is 347 g/mol. The van der Waals surface area contributed by atoms with E-state index in [0.29, 0.717) is 17.3 Å². The largest absolute Gasteiger partial charge is 0.360 e. The number of benzene rings is 1. The van der Waals surface area contributed by atoms with Gasteiger partial charge in [0.25, 0.3) is 5.91 Å². The summed E-state index contributed by atoms with van der Waals surface area (Å²) in [5.74, 6) is 0.581. The van der Waals surface area contributed by atoms with Crippen molar-refractivity contribution < 1.29 is 4.79 Å². The zero-order valence-electron chi connectivity index (χ0n) is 14.1. The van der Waals surface area contributed by atoms with Gasteiger partial charge in [0, 0.05) is 31.2 Å². The number of hydrogen-bond donors (Lipinski definition) is 1. The first-order valence-corrected chi connectivity index (χ1v) is 8.53. The normalized spacial score (nSPS) is 10.5. The van der Waals surface area contributed by atoms with Crippen LogP contribution in [-0.4, -0.2) is 36.0 Å². The molecule has 0 fully saturated rings. The minimum atomic E-state index is -0.184. The maximum Gasteiger partial charge on any atom is 0.270 e. The molecule has 24 heavy (non-hydrogen) atoms. The van der Waals surface area contributed by atoms with Gasteiger partial charge in [0.2, 0.25) is 0 Å². The van der Waals surface area contributed by atoms with Crippen LogP contribution in [0.4, 0.5) is 5.82 Å². The molecule has 1 amide bonds. The highest BCUT2D eigenvalue weighted by Crippen LogP contribution is 2.11. The standard InChI is InChI=1S/C18H23ClN4O/c1-3-4-11-23(2)17-12-16(21-13-22-17)18(24)20-10-9-14-5-7-15(19)8-6-14/h5-8,12-13H,3-4,9-11H2,1-2H3,(H,20,24). The van der Waals surface area contributed by atoms with Crippen LogP contribution in [0.1, 0.15) is 35.8 Å². The van der Waals surface area contributed by atoms with E-state index < -0.39 is 0 Å². The van der Waals surface area contributed by atoms with Crippen LogP contribution in [0.2, 0.25) is 5.02 Å². The highest BCUT2D eigenvalue weighted by atomic mass is 35.5. The van der Waals surface area contributed by atoms with Gasteiger partial charge in [-0.3, -0.25) is 4.79 Å². The highest BCUT2D eigenvalue weighted by molar-refractivity contribution is 6.30. The number of carbonyl (C=O) groups excluding carboxylic acids is 1. The molecule has 6 heteroatoms. The number of carbonyl (C=O) groups is 1. The van der Waals surface area contributed by atoms with Gasteiger partial charge >= 0.3 is 0 Å². The molecule has 0 radical (unpaired) electrons. The molecule has 0 bridgehead atoms. The van der Waals surface area contributed by atoms with Gasteiger partial charge in [-0.1, -0.05) is 37.1 Å². The predicted octanol–water partition coefficient (Wildman–Crippen LogP) is 3.34. The van der Waals surface area contributed by atoms with Crippen LogP contribution >= 0.6 is 11.6 Å². The number of anilines is 1. The molecule has 128 valence electrons. The second-order valence-electron chi connectivity index (χ2n) is 5.67. The zero-order valence-corrected chi connectivity index (χ0v) is 14.9. The van der Waals surface area contributed by atoms with E-state index >= 15 is 0 Å². The number of rotatable bonds is 8. The van der Waals surface area contributed by atoms with Gasteiger partial charge in [0.05, 0.1) is 0 Å². The lowest BCUT2D eigenvalue weighted by molar-refractivity contribution is 0.0949. The van der Waals surface area contributed by atoms with E-state index in [9.17, 15) is 4.79 Å². The van der Waals surface area contributed by atoms with Gasteiger partial charge in [-0.15, -0.1) is 0 Å². The molecular formula is C18H23ClN4O. The molecule has 2 aromatic rings. The third-order valence-electron chi connectivity index (χ3n) is 3.74. The Balaban J connectivity index is 1.88. The number of nitrogens with zero attached hydrogens (tertiary/aromatic N) is 3. The van der Waals surface area contributed by atoms with Crippen molar-refractivity contribution in [1.29, 1.82) is 0 Å². The maximum absolute atomic E-state index is 12.2. The zero-order chi connectivity index (χ0) is 17.4. The Hall–Kier alpha value is -2.14. The van der Waals surface area contributed by atoms with Crippen LogP contribution < -0.4 is 10.2 Å². The Kier molecular flexibility index (Phi) is 7.00. The molecule has 1 heterocycles. The number of aromatic nitrogens is 2. The lowest BCUT2D eigenvalue weighted by atomic mass is 10.1. The fraction of sp³-hybridized carbons (Fsp3) is 0.389. The van der Waals surface area contributed by atoms with E-state index in [1.165, 1.54) is 6.33 Å². The van der Waals surface area contributed by atoms with Gasteiger partial charge in [0.1, 0.15) is 17.8 Å². The van der Waals surface area contributed by atoms with E-state index in [-0.39, 0.29) is 5.91 Å². The number of hydrogen-bond acceptors (Lipinski definition) is 4. The molecule has 0 saturated heterocycles. The van der Waals surface area contributed by atoms with E-state index in [1.54, 1.807) is 6.07 Å². The summed E-state index contributed by atoms with van der Waals surface area (Å²) in [4.78, 5) is 22.6. The fourth-order valence-electron chi connectivity index (χ4n) is 2.25. The Labute approximate surface area is 148 Å². The van der Waals surface area contributed by atoms with Crippen molar-refractivity contribution in [3.05, 3.63) is 52.9 Å². The lowest BCUT2D eigenvalue weighted by Gasteiger charge is -2.17. The number of amides is 1. The van der Waals surface area contributed by atoms with Gasteiger partial charge in [-0.25, -0.2) is 9.97 Å². The summed E-state index contributed by atoms with van der Waals surface area (Å²) in [6, 6.07) is 9.34. The second-order valence-corrected chi connectivity index (χ2v) is 6.11. The van der Waals surface area contributed by atoms with Crippen LogP contribution in [0.15, 0.2) is 36.7 Å². The maximum atomic E-state index is 12.2. The van der Waals surface area contributed by atoms with Crippen molar-refractivity contribution in [1.82, 2.24) is 15.3 Å². The summed E-state index contributed by atoms with van der Waals surface area (Å²) in [5, 5.41) is 3.60. The van der Waals surface area contributed by atoms with Crippen molar-refractivity contribution in [3.63, 3.8) is 0 Å². The Morgan fingerprint density at radius 2 is 2.00 bits per heavy atom. The summed E-state index contributed by atoms with van der Waals surface area (Å²) in [6.07, 6.45) is 4.39. The van der Waals surface area contributed by atoms with Crippen LogP contribution in [0.3, 0.4) is 0 Å². The molecule has 1 aromatic carbocycles. The summed E-state index contributed by atoms with van der Waals surface area (Å²) in [7, 11) is 1.97. The molecule has 1 aromatic heterocycles. The minimum Gasteiger partial charge on any atom is -0.360 e. The highest BCUT2D eigenvalue weighted by Gasteiger charge is 2.10. The number of nitrogens with one attached hydrogen (secondary N) is 1. The van der Waals surface area contributed by atoms with E-state index in [0.717, 1.165) is 37.2 Å². The average Bonchev–Trinajstić information content (AvgIpc) is 2.61. The van der Waals surface area contributed by atoms with Gasteiger partial charge in [-0.2, -0.15) is 0 Å². The van der Waals surface area contributed by atoms with Crippen molar-refractivity contribution in [2.24, 2.45) is 0 Å². The third kappa shape index (κ3) is 5.49. The molecular weight excluding hydrogens is 324 g/mol. The SMILES string of the molecule is CCCCN(C)c1cc(C(=O)NCCc2ccc(Cl)cc2)ncn1. The van der Waals surface area contributed by atoms with Crippen molar-refractivity contribution in [3.8, 4) is 0 Å². The summed E-state index contributed by atoms with van der Waals surface area (Å²) < 4.78 is 0. The molecule has 0 saturated carbocycles. The van der Waals surface area contributed by atoms with Crippen LogP contribution in [0.25, 0.3) is 0 Å². The summed E-state index contributed by atoms with van der Waals surface area (Å²) >= 11 is 5.86. The molecule has 0 spiro atoms. The van der Waals surface area contributed by atoms with E-state index in [4.69, 9.17) is 11.6 Å². The molecule has 2 rings (SSSR count). The molecule has 0 aliphatic heterocycles. The monoisotopic (exact) mass is 346 g/mol. The fourth-order valence-corrected chi connectivity index (χ4v) is 2.38. The van der Waals surface area contributed by atoms with Gasteiger partial charge in [0.15, 0.2) is 0 Å². The predicted molar refractivity (Wildman–Crippen MR) is 97.7 cm³/mol. The van der Waals surface area contributed by atoms with Gasteiger partial charge in [-0.05, 0) is 30.5 Å². The number of unbranched alkanes of at least 4 members (excludes halogenated alkanes) is 1. The molecule has 0 atom stereocenters. The summed E-state index contributed by atoms with van der Waals surface area (Å²) in [5.41, 5.74) is 1.52. The van der Waals surface area contributed by atoms with Crippen molar-refractivity contribution in [2.45, 2.75) is 26.2 Å². The molecule has 5 nitrogen and oxygen atoms in total. The van der Waals surface area contributed by atoms with E-state index in [2.05, 4.69) is 22.2 Å². The molecule has 0 aliphatic rings. The van der Waals surface area contributed by atoms with Crippen LogP contribution in [0, 0.1) is 0 Å². The first-order chi connectivity index (χ1) is 11.6. The minimum absolute atomic E-state index is 0.184. The van der Waals surface area contributed by atoms with Crippen molar-refractivity contribution >= 4 is 23.3 Å². The van der Waals surface area contributed by atoms with Crippen LogP contribution in [-0.2, 0) is 6.42 Å². The first-order valence-electron chi connectivity index (χ1n) is 8.16. The quantitative estimate of drug-likeness (QED) is 0.796. The molecule has 0 unspecified atom stereocenters. The second kappa shape index (κ2) is 9.23.